The Kier molecular flexibility index (Phi) is 5.10. The van der Waals surface area contributed by atoms with Crippen LogP contribution in [0, 0.1) is 0 Å². The van der Waals surface area contributed by atoms with Crippen LogP contribution in [0.15, 0.2) is 36.5 Å². The molecular formula is C15H21N3O. The van der Waals surface area contributed by atoms with Crippen molar-refractivity contribution in [3.63, 3.8) is 0 Å². The fourth-order valence-electron chi connectivity index (χ4n) is 2.03. The van der Waals surface area contributed by atoms with E-state index in [-0.39, 0.29) is 0 Å². The number of hydrogen-bond acceptors (Lipinski definition) is 3. The molecule has 4 nitrogen and oxygen atoms in total. The van der Waals surface area contributed by atoms with Crippen LogP contribution in [-0.2, 0) is 13.0 Å². The number of unbranched alkanes of at least 4 members (excludes halogenated alkanes) is 1. The van der Waals surface area contributed by atoms with E-state index in [0.29, 0.717) is 12.1 Å². The summed E-state index contributed by atoms with van der Waals surface area (Å²) in [5.41, 5.74) is 2.05. The molecule has 1 heterocycles. The Bertz CT molecular complexity index is 481. The second-order valence-electron chi connectivity index (χ2n) is 4.77. The molecule has 102 valence electrons. The molecule has 0 radical (unpaired) electrons. The monoisotopic (exact) mass is 259 g/mol. The zero-order valence-corrected chi connectivity index (χ0v) is 11.4. The zero-order chi connectivity index (χ0) is 13.5. The normalized spacial score (nSPS) is 12.5. The van der Waals surface area contributed by atoms with Gasteiger partial charge >= 0.3 is 0 Å². The van der Waals surface area contributed by atoms with Crippen LogP contribution in [0.4, 0.5) is 0 Å². The molecule has 0 aliphatic heterocycles. The number of rotatable bonds is 7. The van der Waals surface area contributed by atoms with E-state index >= 15 is 0 Å². The van der Waals surface area contributed by atoms with Crippen molar-refractivity contribution >= 4 is 0 Å². The van der Waals surface area contributed by atoms with Gasteiger partial charge in [0.2, 0.25) is 0 Å². The van der Waals surface area contributed by atoms with Gasteiger partial charge in [-0.3, -0.25) is 4.68 Å². The Balaban J connectivity index is 1.72. The molecule has 0 fully saturated rings. The summed E-state index contributed by atoms with van der Waals surface area (Å²) in [6, 6.07) is 10.5. The van der Waals surface area contributed by atoms with Crippen molar-refractivity contribution in [2.75, 3.05) is 0 Å². The summed E-state index contributed by atoms with van der Waals surface area (Å²) in [6.45, 7) is 2.79. The molecule has 0 saturated heterocycles. The zero-order valence-electron chi connectivity index (χ0n) is 11.4. The minimum atomic E-state index is -0.488. The molecule has 2 aromatic rings. The molecule has 0 bridgehead atoms. The maximum Gasteiger partial charge on any atom is 0.111 e. The molecule has 1 atom stereocenters. The van der Waals surface area contributed by atoms with E-state index in [9.17, 15) is 5.11 Å². The van der Waals surface area contributed by atoms with E-state index in [0.717, 1.165) is 25.8 Å². The third kappa shape index (κ3) is 4.17. The molecule has 0 saturated carbocycles. The Labute approximate surface area is 114 Å². The number of aliphatic hydroxyl groups excluding tert-OH is 1. The summed E-state index contributed by atoms with van der Waals surface area (Å²) in [7, 11) is 0. The van der Waals surface area contributed by atoms with E-state index in [4.69, 9.17) is 0 Å². The predicted molar refractivity (Wildman–Crippen MR) is 74.7 cm³/mol. The fraction of sp³-hybridized carbons (Fsp3) is 0.467. The van der Waals surface area contributed by atoms with Gasteiger partial charge < -0.3 is 5.11 Å². The Morgan fingerprint density at radius 3 is 2.74 bits per heavy atom. The van der Waals surface area contributed by atoms with Gasteiger partial charge in [0.05, 0.1) is 12.3 Å². The highest BCUT2D eigenvalue weighted by Crippen LogP contribution is 2.12. The molecule has 19 heavy (non-hydrogen) atoms. The Morgan fingerprint density at radius 1 is 1.21 bits per heavy atom. The maximum absolute atomic E-state index is 9.65. The summed E-state index contributed by atoms with van der Waals surface area (Å²) in [4.78, 5) is 0. The number of hydrogen-bond donors (Lipinski definition) is 1. The third-order valence-electron chi connectivity index (χ3n) is 3.23. The van der Waals surface area contributed by atoms with Crippen molar-refractivity contribution in [2.24, 2.45) is 0 Å². The van der Waals surface area contributed by atoms with E-state index in [2.05, 4.69) is 34.6 Å². The summed E-state index contributed by atoms with van der Waals surface area (Å²) in [5.74, 6) is 0. The van der Waals surface area contributed by atoms with Crippen LogP contribution in [0.25, 0.3) is 0 Å². The molecule has 1 aromatic heterocycles. The predicted octanol–water partition coefficient (Wildman–Crippen LogP) is 2.74. The first-order valence-electron chi connectivity index (χ1n) is 6.91. The lowest BCUT2D eigenvalue weighted by atomic mass is 10.1. The largest absolute Gasteiger partial charge is 0.387 e. The smallest absolute Gasteiger partial charge is 0.111 e. The average Bonchev–Trinajstić information content (AvgIpc) is 2.93. The average molecular weight is 259 g/mol. The van der Waals surface area contributed by atoms with Crippen molar-refractivity contribution in [3.8, 4) is 0 Å². The van der Waals surface area contributed by atoms with Gasteiger partial charge in [-0.2, -0.15) is 0 Å². The van der Waals surface area contributed by atoms with Gasteiger partial charge in [-0.25, -0.2) is 0 Å². The molecule has 1 aromatic carbocycles. The SMILES string of the molecule is CCC(O)c1cn(CCCCc2ccccc2)nn1. The molecule has 1 unspecified atom stereocenters. The van der Waals surface area contributed by atoms with Crippen molar-refractivity contribution in [3.05, 3.63) is 47.8 Å². The molecular weight excluding hydrogens is 238 g/mol. The summed E-state index contributed by atoms with van der Waals surface area (Å²) in [6.07, 6.45) is 5.33. The van der Waals surface area contributed by atoms with Crippen molar-refractivity contribution in [1.82, 2.24) is 15.0 Å². The van der Waals surface area contributed by atoms with Crippen LogP contribution in [0.5, 0.6) is 0 Å². The van der Waals surface area contributed by atoms with Gasteiger partial charge in [-0.1, -0.05) is 42.5 Å². The van der Waals surface area contributed by atoms with Gasteiger partial charge in [-0.05, 0) is 31.2 Å². The molecule has 0 amide bonds. The molecule has 0 aliphatic carbocycles. The van der Waals surface area contributed by atoms with Crippen molar-refractivity contribution in [2.45, 2.75) is 45.3 Å². The van der Waals surface area contributed by atoms with Crippen LogP contribution < -0.4 is 0 Å². The quantitative estimate of drug-likeness (QED) is 0.778. The van der Waals surface area contributed by atoms with Gasteiger partial charge in [0.15, 0.2) is 0 Å². The molecule has 0 spiro atoms. The van der Waals surface area contributed by atoms with Crippen LogP contribution in [0.2, 0.25) is 0 Å². The Hall–Kier alpha value is -1.68. The highest BCUT2D eigenvalue weighted by Gasteiger charge is 2.09. The van der Waals surface area contributed by atoms with Crippen LogP contribution in [0.3, 0.4) is 0 Å². The molecule has 0 aliphatic rings. The summed E-state index contributed by atoms with van der Waals surface area (Å²) < 4.78 is 1.82. The van der Waals surface area contributed by atoms with Crippen LogP contribution in [-0.4, -0.2) is 20.1 Å². The van der Waals surface area contributed by atoms with E-state index in [1.54, 1.807) is 0 Å². The standard InChI is InChI=1S/C15H21N3O/c1-2-15(19)14-12-18(17-16-14)11-7-6-10-13-8-4-3-5-9-13/h3-5,8-9,12,15,19H,2,6-7,10-11H2,1H3. The first-order valence-corrected chi connectivity index (χ1v) is 6.91. The minimum absolute atomic E-state index is 0.488. The lowest BCUT2D eigenvalue weighted by Crippen LogP contribution is -1.99. The van der Waals surface area contributed by atoms with Crippen LogP contribution in [0.1, 0.15) is 43.5 Å². The van der Waals surface area contributed by atoms with E-state index < -0.39 is 6.10 Å². The topological polar surface area (TPSA) is 50.9 Å². The number of aryl methyl sites for hydroxylation is 2. The first-order chi connectivity index (χ1) is 9.29. The highest BCUT2D eigenvalue weighted by atomic mass is 16.3. The maximum atomic E-state index is 9.65. The number of aliphatic hydroxyl groups is 1. The lowest BCUT2D eigenvalue weighted by Gasteiger charge is -2.02. The van der Waals surface area contributed by atoms with Crippen LogP contribution >= 0.6 is 0 Å². The highest BCUT2D eigenvalue weighted by molar-refractivity contribution is 5.14. The molecule has 1 N–H and O–H groups in total. The molecule has 4 heteroatoms. The van der Waals surface area contributed by atoms with Gasteiger partial charge in [-0.15, -0.1) is 5.10 Å². The Morgan fingerprint density at radius 2 is 2.00 bits per heavy atom. The lowest BCUT2D eigenvalue weighted by molar-refractivity contribution is 0.168. The number of benzene rings is 1. The van der Waals surface area contributed by atoms with Gasteiger partial charge in [0.25, 0.3) is 0 Å². The van der Waals surface area contributed by atoms with Crippen molar-refractivity contribution < 1.29 is 5.11 Å². The summed E-state index contributed by atoms with van der Waals surface area (Å²) >= 11 is 0. The number of nitrogens with zero attached hydrogens (tertiary/aromatic N) is 3. The third-order valence-corrected chi connectivity index (χ3v) is 3.23. The van der Waals surface area contributed by atoms with E-state index in [1.165, 1.54) is 5.56 Å². The van der Waals surface area contributed by atoms with Gasteiger partial charge in [0.1, 0.15) is 5.69 Å². The fourth-order valence-corrected chi connectivity index (χ4v) is 2.03. The van der Waals surface area contributed by atoms with Crippen molar-refractivity contribution in [1.29, 1.82) is 0 Å². The van der Waals surface area contributed by atoms with E-state index in [1.807, 2.05) is 23.9 Å². The summed E-state index contributed by atoms with van der Waals surface area (Å²) in [5, 5.41) is 17.7. The van der Waals surface area contributed by atoms with Gasteiger partial charge in [0, 0.05) is 6.54 Å². The first kappa shape index (κ1) is 13.7. The second kappa shape index (κ2) is 7.04. The number of aromatic nitrogens is 3. The molecule has 2 rings (SSSR count). The second-order valence-corrected chi connectivity index (χ2v) is 4.77. The minimum Gasteiger partial charge on any atom is -0.387 e.